The van der Waals surface area contributed by atoms with Crippen LogP contribution < -0.4 is 0 Å². The number of aliphatic carboxylic acids is 1. The van der Waals surface area contributed by atoms with Crippen LogP contribution in [0.2, 0.25) is 0 Å². The van der Waals surface area contributed by atoms with Gasteiger partial charge < -0.3 is 5.11 Å². The maximum atomic E-state index is 12.9. The van der Waals surface area contributed by atoms with E-state index >= 15 is 0 Å². The Morgan fingerprint density at radius 3 is 2.38 bits per heavy atom. The quantitative estimate of drug-likeness (QED) is 0.787. The van der Waals surface area contributed by atoms with E-state index in [4.69, 9.17) is 0 Å². The van der Waals surface area contributed by atoms with Gasteiger partial charge in [0.2, 0.25) is 0 Å². The van der Waals surface area contributed by atoms with E-state index < -0.39 is 11.4 Å². The van der Waals surface area contributed by atoms with Crippen LogP contribution in [0, 0.1) is 5.92 Å². The maximum absolute atomic E-state index is 12.9. The second-order valence-electron chi connectivity index (χ2n) is 7.78. The van der Waals surface area contributed by atoms with Crippen LogP contribution in [0.4, 0.5) is 0 Å². The number of carboxylic acids is 1. The number of hydrogen-bond acceptors (Lipinski definition) is 2. The summed E-state index contributed by atoms with van der Waals surface area (Å²) < 4.78 is 0. The molecular formula is C23H31NO2. The highest BCUT2D eigenvalue weighted by Crippen LogP contribution is 2.43. The normalized spacial score (nSPS) is 20.4. The van der Waals surface area contributed by atoms with Gasteiger partial charge in [0.1, 0.15) is 5.41 Å². The zero-order valence-electron chi connectivity index (χ0n) is 16.2. The van der Waals surface area contributed by atoms with Gasteiger partial charge in [-0.1, -0.05) is 69.2 Å². The molecule has 26 heavy (non-hydrogen) atoms. The monoisotopic (exact) mass is 353 g/mol. The first-order valence-electron chi connectivity index (χ1n) is 9.99. The molecule has 2 aromatic carbocycles. The summed E-state index contributed by atoms with van der Waals surface area (Å²) in [6.45, 7) is 8.34. The topological polar surface area (TPSA) is 40.5 Å². The minimum absolute atomic E-state index is 0.0407. The Labute approximate surface area is 157 Å². The predicted molar refractivity (Wildman–Crippen MR) is 108 cm³/mol. The van der Waals surface area contributed by atoms with Gasteiger partial charge in [0.15, 0.2) is 0 Å². The third-order valence-electron chi connectivity index (χ3n) is 6.58. The minimum atomic E-state index is -0.910. The standard InChI is InChI=1S/C23H31NO2/c1-4-17(2)23(22(25)26,18(3)24-15-8-5-9-16-24)21-14-10-12-19-11-6-7-13-20(19)21/h6-7,10-14,17-18H,4-5,8-9,15-16H2,1-3H3,(H,25,26). The number of benzene rings is 2. The van der Waals surface area contributed by atoms with Crippen molar-refractivity contribution >= 4 is 16.7 Å². The van der Waals surface area contributed by atoms with E-state index in [1.54, 1.807) is 0 Å². The second-order valence-corrected chi connectivity index (χ2v) is 7.78. The number of piperidine rings is 1. The van der Waals surface area contributed by atoms with Crippen LogP contribution in [0.1, 0.15) is 52.0 Å². The Morgan fingerprint density at radius 1 is 1.08 bits per heavy atom. The lowest BCUT2D eigenvalue weighted by Crippen LogP contribution is -2.58. The van der Waals surface area contributed by atoms with Crippen LogP contribution in [-0.2, 0) is 10.2 Å². The number of carbonyl (C=O) groups is 1. The van der Waals surface area contributed by atoms with Crippen molar-refractivity contribution in [3.8, 4) is 0 Å². The SMILES string of the molecule is CCC(C)C(C(=O)O)(c1cccc2ccccc12)C(C)N1CCCCC1. The molecule has 3 heteroatoms. The molecule has 1 saturated heterocycles. The average molecular weight is 354 g/mol. The van der Waals surface area contributed by atoms with Gasteiger partial charge in [0.25, 0.3) is 0 Å². The lowest BCUT2D eigenvalue weighted by atomic mass is 9.63. The number of hydrogen-bond donors (Lipinski definition) is 1. The molecule has 3 nitrogen and oxygen atoms in total. The zero-order chi connectivity index (χ0) is 18.7. The number of rotatable bonds is 6. The van der Waals surface area contributed by atoms with Crippen LogP contribution in [-0.4, -0.2) is 35.1 Å². The molecule has 3 unspecified atom stereocenters. The van der Waals surface area contributed by atoms with Gasteiger partial charge in [-0.3, -0.25) is 9.69 Å². The molecule has 0 bridgehead atoms. The largest absolute Gasteiger partial charge is 0.481 e. The Kier molecular flexibility index (Phi) is 5.67. The van der Waals surface area contributed by atoms with Crippen LogP contribution >= 0.6 is 0 Å². The van der Waals surface area contributed by atoms with Gasteiger partial charge in [0.05, 0.1) is 0 Å². The lowest BCUT2D eigenvalue weighted by Gasteiger charge is -2.47. The van der Waals surface area contributed by atoms with Crippen molar-refractivity contribution in [2.24, 2.45) is 5.92 Å². The van der Waals surface area contributed by atoms with Crippen molar-refractivity contribution in [3.63, 3.8) is 0 Å². The molecule has 0 aliphatic carbocycles. The minimum Gasteiger partial charge on any atom is -0.481 e. The predicted octanol–water partition coefficient (Wildman–Crippen LogP) is 5.08. The molecular weight excluding hydrogens is 322 g/mol. The fourth-order valence-electron chi connectivity index (χ4n) is 4.91. The first kappa shape index (κ1) is 18.9. The first-order valence-corrected chi connectivity index (χ1v) is 9.99. The molecule has 3 rings (SSSR count). The smallest absolute Gasteiger partial charge is 0.316 e. The van der Waals surface area contributed by atoms with Gasteiger partial charge in [-0.2, -0.15) is 0 Å². The van der Waals surface area contributed by atoms with E-state index in [9.17, 15) is 9.90 Å². The Morgan fingerprint density at radius 2 is 1.73 bits per heavy atom. The molecule has 1 heterocycles. The van der Waals surface area contributed by atoms with Gasteiger partial charge >= 0.3 is 5.97 Å². The highest BCUT2D eigenvalue weighted by Gasteiger charge is 2.51. The van der Waals surface area contributed by atoms with Crippen LogP contribution in [0.5, 0.6) is 0 Å². The van der Waals surface area contributed by atoms with Gasteiger partial charge in [0, 0.05) is 6.04 Å². The Hall–Kier alpha value is -1.87. The average Bonchev–Trinajstić information content (AvgIpc) is 2.68. The first-order chi connectivity index (χ1) is 12.5. The van der Waals surface area contributed by atoms with Crippen LogP contribution in [0.15, 0.2) is 42.5 Å². The number of nitrogens with zero attached hydrogens (tertiary/aromatic N) is 1. The van der Waals surface area contributed by atoms with Crippen molar-refractivity contribution in [2.45, 2.75) is 57.9 Å². The van der Waals surface area contributed by atoms with Crippen molar-refractivity contribution in [1.82, 2.24) is 4.90 Å². The zero-order valence-corrected chi connectivity index (χ0v) is 16.2. The van der Waals surface area contributed by atoms with E-state index in [1.807, 2.05) is 24.3 Å². The number of carboxylic acid groups (broad SMARTS) is 1. The van der Waals surface area contributed by atoms with Crippen molar-refractivity contribution in [2.75, 3.05) is 13.1 Å². The molecule has 140 valence electrons. The van der Waals surface area contributed by atoms with E-state index in [-0.39, 0.29) is 12.0 Å². The van der Waals surface area contributed by atoms with Crippen molar-refractivity contribution in [3.05, 3.63) is 48.0 Å². The number of fused-ring (bicyclic) bond motifs is 1. The van der Waals surface area contributed by atoms with Gasteiger partial charge in [-0.15, -0.1) is 0 Å². The van der Waals surface area contributed by atoms with Crippen LogP contribution in [0.3, 0.4) is 0 Å². The Balaban J connectivity index is 2.23. The van der Waals surface area contributed by atoms with Crippen molar-refractivity contribution < 1.29 is 9.90 Å². The summed E-state index contributed by atoms with van der Waals surface area (Å²) in [7, 11) is 0. The van der Waals surface area contributed by atoms with E-state index in [1.165, 1.54) is 6.42 Å². The molecule has 0 radical (unpaired) electrons. The molecule has 3 atom stereocenters. The summed E-state index contributed by atoms with van der Waals surface area (Å²) >= 11 is 0. The van der Waals surface area contributed by atoms with E-state index in [2.05, 4.69) is 43.9 Å². The van der Waals surface area contributed by atoms with Gasteiger partial charge in [-0.05, 0) is 55.1 Å². The van der Waals surface area contributed by atoms with Crippen LogP contribution in [0.25, 0.3) is 10.8 Å². The Bertz CT molecular complexity index is 760. The molecule has 0 spiro atoms. The molecule has 1 aliphatic rings. The van der Waals surface area contributed by atoms with E-state index in [0.717, 1.165) is 48.7 Å². The summed E-state index contributed by atoms with van der Waals surface area (Å²) in [4.78, 5) is 15.3. The second kappa shape index (κ2) is 7.79. The highest BCUT2D eigenvalue weighted by atomic mass is 16.4. The third kappa shape index (κ3) is 3.03. The van der Waals surface area contributed by atoms with E-state index in [0.29, 0.717) is 0 Å². The lowest BCUT2D eigenvalue weighted by molar-refractivity contribution is -0.150. The molecule has 1 aliphatic heterocycles. The molecule has 0 aromatic heterocycles. The summed E-state index contributed by atoms with van der Waals surface area (Å²) in [5.74, 6) is -0.649. The summed E-state index contributed by atoms with van der Waals surface area (Å²) in [5, 5.41) is 12.8. The fraction of sp³-hybridized carbons (Fsp3) is 0.522. The summed E-state index contributed by atoms with van der Waals surface area (Å²) in [6, 6.07) is 14.3. The third-order valence-corrected chi connectivity index (χ3v) is 6.58. The molecule has 0 amide bonds. The summed E-state index contributed by atoms with van der Waals surface area (Å²) in [5.41, 5.74) is 0.0583. The van der Waals surface area contributed by atoms with Gasteiger partial charge in [-0.25, -0.2) is 0 Å². The maximum Gasteiger partial charge on any atom is 0.316 e. The molecule has 1 fully saturated rings. The fourth-order valence-corrected chi connectivity index (χ4v) is 4.91. The summed E-state index contributed by atoms with van der Waals surface area (Å²) in [6.07, 6.45) is 4.42. The number of likely N-dealkylation sites (tertiary alicyclic amines) is 1. The molecule has 0 saturated carbocycles. The highest BCUT2D eigenvalue weighted by molar-refractivity contribution is 5.94. The van der Waals surface area contributed by atoms with Crippen molar-refractivity contribution in [1.29, 1.82) is 0 Å². The molecule has 1 N–H and O–H groups in total. The molecule has 2 aromatic rings.